The van der Waals surface area contributed by atoms with Gasteiger partial charge < -0.3 is 24.2 Å². The first kappa shape index (κ1) is 24.5. The molecule has 1 aliphatic carbocycles. The molecule has 2 fully saturated rings. The van der Waals surface area contributed by atoms with Crippen molar-refractivity contribution in [3.05, 3.63) is 45.4 Å². The molecule has 2 N–H and O–H groups in total. The van der Waals surface area contributed by atoms with Gasteiger partial charge in [0.1, 0.15) is 11.2 Å². The van der Waals surface area contributed by atoms with Crippen LogP contribution in [-0.2, 0) is 28.0 Å². The third-order valence-electron chi connectivity index (χ3n) is 6.73. The topological polar surface area (TPSA) is 101 Å². The molecule has 35 heavy (non-hydrogen) atoms. The van der Waals surface area contributed by atoms with Gasteiger partial charge in [-0.1, -0.05) is 0 Å². The Balaban J connectivity index is 1.30. The van der Waals surface area contributed by atoms with Crippen LogP contribution in [0.3, 0.4) is 0 Å². The molecule has 2 aromatic heterocycles. The average Bonchev–Trinajstić information content (AvgIpc) is 3.40. The van der Waals surface area contributed by atoms with Gasteiger partial charge >= 0.3 is 6.09 Å². The van der Waals surface area contributed by atoms with E-state index >= 15 is 0 Å². The lowest BCUT2D eigenvalue weighted by Gasteiger charge is -2.46. The monoisotopic (exact) mass is 517 g/mol. The normalized spacial score (nSPS) is 19.9. The maximum Gasteiger partial charge on any atom is 0.410 e. The Morgan fingerprint density at radius 3 is 2.60 bits per heavy atom. The molecule has 0 atom stereocenters. The van der Waals surface area contributed by atoms with Crippen molar-refractivity contribution in [2.75, 3.05) is 13.1 Å². The molecule has 2 amide bonds. The van der Waals surface area contributed by atoms with Crippen LogP contribution in [-0.4, -0.2) is 50.7 Å². The van der Waals surface area contributed by atoms with Crippen LogP contribution in [0.2, 0.25) is 0 Å². The van der Waals surface area contributed by atoms with Crippen LogP contribution in [0.5, 0.6) is 0 Å². The molecule has 5 rings (SSSR count). The molecule has 3 aliphatic rings. The number of aromatic nitrogens is 1. The summed E-state index contributed by atoms with van der Waals surface area (Å²) < 4.78 is 21.4. The Labute approximate surface area is 213 Å². The lowest BCUT2D eigenvalue weighted by Crippen LogP contribution is -2.51. The summed E-state index contributed by atoms with van der Waals surface area (Å²) in [4.78, 5) is 34.1. The fraction of sp³-hybridized carbons (Fsp3) is 0.560. The molecule has 4 heterocycles. The largest absolute Gasteiger partial charge is 0.444 e. The SMILES string of the molecule is CC(C)(C)OC(=O)N1CCC2(CC1)OC1(CC1)Cc1cc(C(=O)NCc3ccc(SO)cn3)sc12. The highest BCUT2D eigenvalue weighted by Gasteiger charge is 2.57. The van der Waals surface area contributed by atoms with Gasteiger partial charge in [0.05, 0.1) is 27.6 Å². The molecular weight excluding hydrogens is 486 g/mol. The number of ether oxygens (including phenoxy) is 2. The predicted molar refractivity (Wildman–Crippen MR) is 134 cm³/mol. The van der Waals surface area contributed by atoms with Gasteiger partial charge in [-0.2, -0.15) is 0 Å². The number of piperidine rings is 1. The lowest BCUT2D eigenvalue weighted by atomic mass is 9.83. The number of likely N-dealkylation sites (tertiary alicyclic amines) is 1. The Morgan fingerprint density at radius 2 is 2.00 bits per heavy atom. The fourth-order valence-electron chi connectivity index (χ4n) is 4.85. The number of thiophene rings is 1. The number of hydrogen-bond donors (Lipinski definition) is 2. The summed E-state index contributed by atoms with van der Waals surface area (Å²) in [5.41, 5.74) is 0.836. The molecule has 8 nitrogen and oxygen atoms in total. The van der Waals surface area contributed by atoms with E-state index in [4.69, 9.17) is 14.0 Å². The van der Waals surface area contributed by atoms with E-state index in [2.05, 4.69) is 10.3 Å². The van der Waals surface area contributed by atoms with E-state index in [9.17, 15) is 9.59 Å². The van der Waals surface area contributed by atoms with Gasteiger partial charge in [-0.3, -0.25) is 9.78 Å². The third-order valence-corrected chi connectivity index (χ3v) is 8.55. The van der Waals surface area contributed by atoms with E-state index in [-0.39, 0.29) is 17.6 Å². The third kappa shape index (κ3) is 5.21. The molecule has 0 unspecified atom stereocenters. The zero-order chi connectivity index (χ0) is 24.8. The van der Waals surface area contributed by atoms with E-state index in [1.807, 2.05) is 26.8 Å². The van der Waals surface area contributed by atoms with Crippen LogP contribution >= 0.6 is 23.4 Å². The number of hydrogen-bond acceptors (Lipinski definition) is 8. The predicted octanol–water partition coefficient (Wildman–Crippen LogP) is 4.97. The summed E-state index contributed by atoms with van der Waals surface area (Å²) in [6, 6.07) is 5.58. The van der Waals surface area contributed by atoms with Gasteiger partial charge in [0.2, 0.25) is 0 Å². The molecule has 1 saturated heterocycles. The number of amides is 2. The van der Waals surface area contributed by atoms with Crippen LogP contribution in [0.4, 0.5) is 4.79 Å². The molecule has 2 spiro atoms. The van der Waals surface area contributed by atoms with Gasteiger partial charge in [0.15, 0.2) is 0 Å². The molecule has 0 aromatic carbocycles. The quantitative estimate of drug-likeness (QED) is 0.552. The maximum absolute atomic E-state index is 13.0. The molecule has 1 saturated carbocycles. The Hall–Kier alpha value is -2.14. The fourth-order valence-corrected chi connectivity index (χ4v) is 6.36. The Bertz CT molecular complexity index is 1110. The van der Waals surface area contributed by atoms with Crippen molar-refractivity contribution in [3.63, 3.8) is 0 Å². The van der Waals surface area contributed by atoms with Crippen molar-refractivity contribution in [3.8, 4) is 0 Å². The zero-order valence-electron chi connectivity index (χ0n) is 20.3. The van der Waals surface area contributed by atoms with Crippen molar-refractivity contribution in [1.82, 2.24) is 15.2 Å². The summed E-state index contributed by atoms with van der Waals surface area (Å²) in [6.07, 6.45) is 5.60. The minimum Gasteiger partial charge on any atom is -0.444 e. The minimum absolute atomic E-state index is 0.119. The number of carbonyl (C=O) groups excluding carboxylic acids is 2. The second-order valence-electron chi connectivity index (χ2n) is 10.6. The first-order valence-corrected chi connectivity index (χ1v) is 13.6. The molecule has 10 heteroatoms. The maximum atomic E-state index is 13.0. The van der Waals surface area contributed by atoms with Crippen LogP contribution in [0.25, 0.3) is 0 Å². The standard InChI is InChI=1S/C25H31N3O5S2/c1-23(2,3)32-22(30)28-10-8-25(9-11-28)20-16(13-24(33-25)6-7-24)12-19(34-20)21(29)27-14-17-4-5-18(35-31)15-26-17/h4-5,12,15,31H,6-11,13-14H2,1-3H3,(H,27,29). The van der Waals surface area contributed by atoms with Crippen LogP contribution in [0.15, 0.2) is 29.3 Å². The summed E-state index contributed by atoms with van der Waals surface area (Å²) in [5, 5.41) is 2.96. The highest BCUT2D eigenvalue weighted by Crippen LogP contribution is 2.57. The second kappa shape index (κ2) is 9.06. The van der Waals surface area contributed by atoms with Crippen molar-refractivity contribution in [1.29, 1.82) is 0 Å². The van der Waals surface area contributed by atoms with Crippen molar-refractivity contribution in [2.24, 2.45) is 0 Å². The van der Waals surface area contributed by atoms with E-state index in [1.165, 1.54) is 16.9 Å². The van der Waals surface area contributed by atoms with Gasteiger partial charge in [0, 0.05) is 42.6 Å². The van der Waals surface area contributed by atoms with Crippen molar-refractivity contribution >= 4 is 35.4 Å². The first-order valence-electron chi connectivity index (χ1n) is 12.0. The average molecular weight is 518 g/mol. The van der Waals surface area contributed by atoms with Crippen LogP contribution in [0, 0.1) is 0 Å². The number of fused-ring (bicyclic) bond motifs is 2. The molecular formula is C25H31N3O5S2. The summed E-state index contributed by atoms with van der Waals surface area (Å²) in [5.74, 6) is -0.127. The van der Waals surface area contributed by atoms with E-state index in [0.29, 0.717) is 54.3 Å². The number of pyridine rings is 1. The highest BCUT2D eigenvalue weighted by atomic mass is 32.2. The van der Waals surface area contributed by atoms with E-state index in [0.717, 1.165) is 29.8 Å². The zero-order valence-corrected chi connectivity index (χ0v) is 21.9. The second-order valence-corrected chi connectivity index (χ2v) is 12.4. The lowest BCUT2D eigenvalue weighted by molar-refractivity contribution is -0.148. The number of nitrogens with one attached hydrogen (secondary N) is 1. The van der Waals surface area contributed by atoms with Gasteiger partial charge in [-0.05, 0) is 70.2 Å². The molecule has 2 aliphatic heterocycles. The van der Waals surface area contributed by atoms with E-state index in [1.54, 1.807) is 23.2 Å². The van der Waals surface area contributed by atoms with Crippen LogP contribution in [0.1, 0.15) is 72.3 Å². The smallest absolute Gasteiger partial charge is 0.410 e. The molecule has 0 bridgehead atoms. The van der Waals surface area contributed by atoms with Gasteiger partial charge in [-0.15, -0.1) is 11.3 Å². The Morgan fingerprint density at radius 1 is 1.26 bits per heavy atom. The number of carbonyl (C=O) groups is 2. The summed E-state index contributed by atoms with van der Waals surface area (Å²) >= 11 is 2.15. The number of nitrogens with zero attached hydrogens (tertiary/aromatic N) is 2. The minimum atomic E-state index is -0.524. The summed E-state index contributed by atoms with van der Waals surface area (Å²) in [7, 11) is 0. The highest BCUT2D eigenvalue weighted by molar-refractivity contribution is 7.93. The number of rotatable bonds is 4. The molecule has 0 radical (unpaired) electrons. The Kier molecular flexibility index (Phi) is 6.36. The summed E-state index contributed by atoms with van der Waals surface area (Å²) in [6.45, 7) is 7.08. The molecule has 2 aromatic rings. The van der Waals surface area contributed by atoms with Gasteiger partial charge in [-0.25, -0.2) is 4.79 Å². The first-order chi connectivity index (χ1) is 16.6. The van der Waals surface area contributed by atoms with E-state index < -0.39 is 11.2 Å². The van der Waals surface area contributed by atoms with Crippen molar-refractivity contribution < 1.29 is 23.6 Å². The molecule has 188 valence electrons. The van der Waals surface area contributed by atoms with Crippen molar-refractivity contribution in [2.45, 2.75) is 81.1 Å². The van der Waals surface area contributed by atoms with Gasteiger partial charge in [0.25, 0.3) is 5.91 Å². The van der Waals surface area contributed by atoms with Crippen LogP contribution < -0.4 is 5.32 Å².